The quantitative estimate of drug-likeness (QED) is 0.0929. The molecule has 4 rings (SSSR count). The molecule has 0 heterocycles. The molecule has 4 aromatic carbocycles. The first-order chi connectivity index (χ1) is 14.3. The number of hydrogen-bond donors (Lipinski definition) is 0. The maximum Gasteiger partial charge on any atom is 0.109 e. The molecule has 0 radical (unpaired) electrons. The van der Waals surface area contributed by atoms with Crippen molar-refractivity contribution in [2.75, 3.05) is 0 Å². The second-order valence-corrected chi connectivity index (χ2v) is 5.44. The van der Waals surface area contributed by atoms with Crippen LogP contribution in [0.25, 0.3) is 11.1 Å². The van der Waals surface area contributed by atoms with Crippen LogP contribution in [0.15, 0.2) is 60.7 Å². The van der Waals surface area contributed by atoms with Crippen LogP contribution >= 0.6 is 0 Å². The van der Waals surface area contributed by atoms with Crippen LogP contribution in [0.5, 0.6) is 0 Å². The van der Waals surface area contributed by atoms with Gasteiger partial charge in [0.05, 0.1) is 11.6 Å². The number of rotatable bonds is 1. The van der Waals surface area contributed by atoms with Crippen LogP contribution in [0.4, 0.5) is 35.1 Å². The van der Waals surface area contributed by atoms with Gasteiger partial charge in [0.25, 0.3) is 0 Å². The molecule has 0 saturated carbocycles. The molecule has 0 aromatic heterocycles. The fraction of sp³-hybridized carbons (Fsp3) is 0. The molecule has 9 heteroatoms. The molecule has 0 aliphatic carbocycles. The molecule has 0 atom stereocenters. The fourth-order valence-corrected chi connectivity index (χ4v) is 2.03. The Kier molecular flexibility index (Phi) is 10.4. The first-order valence-electron chi connectivity index (χ1n) is 8.10. The normalized spacial score (nSPS) is 9.68. The van der Waals surface area contributed by atoms with Crippen molar-refractivity contribution in [3.8, 4) is 11.1 Å². The van der Waals surface area contributed by atoms with Crippen molar-refractivity contribution in [1.29, 1.82) is 0 Å². The largest absolute Gasteiger partial charge is 0.273 e. The number of hydrogen-bond acceptors (Lipinski definition) is 0. The molecule has 0 spiro atoms. The Balaban J connectivity index is 0.000000356. The molecule has 0 nitrogen and oxygen atoms in total. The van der Waals surface area contributed by atoms with E-state index in [4.69, 9.17) is 0 Å². The Morgan fingerprint density at radius 2 is 0.742 bits per heavy atom. The molecule has 0 amide bonds. The average Bonchev–Trinajstić information content (AvgIpc) is 3.49. The minimum Gasteiger partial charge on any atom is -0.273 e. The van der Waals surface area contributed by atoms with E-state index in [1.165, 1.54) is 12.1 Å². The molecule has 31 heavy (non-hydrogen) atoms. The van der Waals surface area contributed by atoms with Crippen molar-refractivity contribution in [1.82, 2.24) is 0 Å². The second kappa shape index (κ2) is 12.2. The van der Waals surface area contributed by atoms with E-state index in [2.05, 4.69) is 0 Å². The topological polar surface area (TPSA) is 0 Å². The Hall–Kier alpha value is -2.71. The van der Waals surface area contributed by atoms with Crippen molar-refractivity contribution < 1.29 is 56.8 Å². The Bertz CT molecular complexity index is 952. The summed E-state index contributed by atoms with van der Waals surface area (Å²) >= 11 is 0. The summed E-state index contributed by atoms with van der Waals surface area (Å²) in [7, 11) is 0. The zero-order chi connectivity index (χ0) is 22.3. The molecule has 4 aromatic rings. The van der Waals surface area contributed by atoms with Gasteiger partial charge in [-0.2, -0.15) is 59.7 Å². The van der Waals surface area contributed by atoms with E-state index in [1.807, 2.05) is 60.7 Å². The van der Waals surface area contributed by atoms with Gasteiger partial charge in [0, 0.05) is 33.4 Å². The molecule has 0 aliphatic rings. The van der Waals surface area contributed by atoms with Crippen LogP contribution < -0.4 is 0 Å². The fourth-order valence-electron chi connectivity index (χ4n) is 2.03. The van der Waals surface area contributed by atoms with Crippen molar-refractivity contribution in [3.05, 3.63) is 119 Å². The standard InChI is InChI=1S/C12F8.2C5H5.Ti/c13-5-1-3(7(15)11(19)9(5)17)4-2-6(14)10(18)12(20)8(4)16;2*1-2-4-5-3-1;/h;2*1-5H;/q-2;2*-1;. The molecule has 0 N–H and O–H groups in total. The molecule has 162 valence electrons. The van der Waals surface area contributed by atoms with Crippen LogP contribution in [0.3, 0.4) is 0 Å². The van der Waals surface area contributed by atoms with Gasteiger partial charge in [-0.25, -0.2) is 41.8 Å². The number of halogens is 8. The zero-order valence-corrected chi connectivity index (χ0v) is 16.9. The predicted molar refractivity (Wildman–Crippen MR) is 93.3 cm³/mol. The molecule has 0 unspecified atom stereocenters. The maximum atomic E-state index is 13.3. The summed E-state index contributed by atoms with van der Waals surface area (Å²) in [6.45, 7) is 0. The van der Waals surface area contributed by atoms with E-state index in [-0.39, 0.29) is 21.7 Å². The van der Waals surface area contributed by atoms with Gasteiger partial charge in [-0.1, -0.05) is 0 Å². The third-order valence-corrected chi connectivity index (χ3v) is 3.43. The molecule has 0 fully saturated rings. The summed E-state index contributed by atoms with van der Waals surface area (Å²) in [6, 6.07) is 22.5. The van der Waals surface area contributed by atoms with E-state index in [0.717, 1.165) is 0 Å². The second-order valence-electron chi connectivity index (χ2n) is 5.44. The van der Waals surface area contributed by atoms with E-state index >= 15 is 0 Å². The van der Waals surface area contributed by atoms with Gasteiger partial charge in [-0.3, -0.25) is 17.6 Å². The molecular formula is C22H10F8Ti-4. The van der Waals surface area contributed by atoms with Crippen molar-refractivity contribution in [3.63, 3.8) is 0 Å². The van der Waals surface area contributed by atoms with Crippen LogP contribution in [-0.2, 0) is 21.7 Å². The van der Waals surface area contributed by atoms with E-state index in [0.29, 0.717) is 0 Å². The molecular weight excluding hydrogens is 464 g/mol. The van der Waals surface area contributed by atoms with Gasteiger partial charge in [0.1, 0.15) is 23.3 Å². The van der Waals surface area contributed by atoms with Crippen LogP contribution in [0.2, 0.25) is 0 Å². The molecule has 0 bridgehead atoms. The van der Waals surface area contributed by atoms with Gasteiger partial charge in [0.2, 0.25) is 0 Å². The zero-order valence-electron chi connectivity index (χ0n) is 15.3. The third-order valence-electron chi connectivity index (χ3n) is 3.43. The molecule has 0 aliphatic heterocycles. The van der Waals surface area contributed by atoms with Crippen LogP contribution in [-0.4, -0.2) is 0 Å². The van der Waals surface area contributed by atoms with Gasteiger partial charge in [-0.15, -0.1) is 0 Å². The summed E-state index contributed by atoms with van der Waals surface area (Å²) in [5.74, 6) is -17.5. The van der Waals surface area contributed by atoms with E-state index < -0.39 is 57.7 Å². The number of benzene rings is 2. The summed E-state index contributed by atoms with van der Waals surface area (Å²) in [6.07, 6.45) is 0. The van der Waals surface area contributed by atoms with Crippen molar-refractivity contribution >= 4 is 0 Å². The predicted octanol–water partition coefficient (Wildman–Crippen LogP) is 6.88. The molecule has 0 saturated heterocycles. The first kappa shape index (κ1) is 26.3. The summed E-state index contributed by atoms with van der Waals surface area (Å²) in [5.41, 5.74) is -2.92. The maximum absolute atomic E-state index is 13.3. The first-order valence-corrected chi connectivity index (χ1v) is 8.10. The smallest absolute Gasteiger partial charge is 0.109 e. The van der Waals surface area contributed by atoms with Crippen molar-refractivity contribution in [2.45, 2.75) is 0 Å². The Labute approximate surface area is 187 Å². The SMILES string of the molecule is Fc1[c-]c(-c2[c-]c(F)c(F)c(F)c2F)c(F)c(F)c1F.[Ti].c1cc[cH-]c1.c1cc[cH-]c1. The third kappa shape index (κ3) is 6.64. The average molecular weight is 474 g/mol. The van der Waals surface area contributed by atoms with Crippen molar-refractivity contribution in [2.24, 2.45) is 0 Å². The van der Waals surface area contributed by atoms with Crippen LogP contribution in [0.1, 0.15) is 0 Å². The minimum atomic E-state index is -2.34. The monoisotopic (exact) mass is 474 g/mol. The van der Waals surface area contributed by atoms with Gasteiger partial charge < -0.3 is 0 Å². The summed E-state index contributed by atoms with van der Waals surface area (Å²) < 4.78 is 104. The van der Waals surface area contributed by atoms with Gasteiger partial charge in [-0.05, 0) is 0 Å². The Morgan fingerprint density at radius 3 is 0.968 bits per heavy atom. The minimum absolute atomic E-state index is 0. The summed E-state index contributed by atoms with van der Waals surface area (Å²) in [5, 5.41) is 0. The Morgan fingerprint density at radius 1 is 0.452 bits per heavy atom. The van der Waals surface area contributed by atoms with Crippen LogP contribution in [0, 0.1) is 58.7 Å². The van der Waals surface area contributed by atoms with E-state index in [1.54, 1.807) is 0 Å². The summed E-state index contributed by atoms with van der Waals surface area (Å²) in [4.78, 5) is 0. The van der Waals surface area contributed by atoms with Gasteiger partial charge in [0.15, 0.2) is 0 Å². The van der Waals surface area contributed by atoms with Gasteiger partial charge >= 0.3 is 0 Å². The van der Waals surface area contributed by atoms with E-state index in [9.17, 15) is 35.1 Å².